The van der Waals surface area contributed by atoms with Crippen molar-refractivity contribution in [2.75, 3.05) is 26.2 Å². The molecule has 0 radical (unpaired) electrons. The minimum atomic E-state index is 0.0414. The lowest BCUT2D eigenvalue weighted by atomic mass is 10.2. The SMILES string of the molecule is O=C(CN1CCCC1c1nc2ccccc2s1)NCCOc1ccccc1. The maximum Gasteiger partial charge on any atom is 0.234 e. The zero-order valence-electron chi connectivity index (χ0n) is 15.1. The highest BCUT2D eigenvalue weighted by Gasteiger charge is 2.29. The van der Waals surface area contributed by atoms with Gasteiger partial charge in [0.2, 0.25) is 5.91 Å². The zero-order chi connectivity index (χ0) is 18.5. The van der Waals surface area contributed by atoms with E-state index in [4.69, 9.17) is 9.72 Å². The second-order valence-electron chi connectivity index (χ2n) is 6.66. The summed E-state index contributed by atoms with van der Waals surface area (Å²) >= 11 is 1.74. The molecule has 1 saturated heterocycles. The summed E-state index contributed by atoms with van der Waals surface area (Å²) in [7, 11) is 0. The summed E-state index contributed by atoms with van der Waals surface area (Å²) in [5.74, 6) is 0.863. The zero-order valence-corrected chi connectivity index (χ0v) is 16.0. The van der Waals surface area contributed by atoms with Crippen LogP contribution in [0.3, 0.4) is 0 Å². The van der Waals surface area contributed by atoms with Gasteiger partial charge in [-0.25, -0.2) is 4.98 Å². The fourth-order valence-corrected chi connectivity index (χ4v) is 4.58. The van der Waals surface area contributed by atoms with Crippen LogP contribution in [0.2, 0.25) is 0 Å². The Morgan fingerprint density at radius 2 is 2.00 bits per heavy atom. The van der Waals surface area contributed by atoms with Gasteiger partial charge >= 0.3 is 0 Å². The molecular weight excluding hydrogens is 358 g/mol. The van der Waals surface area contributed by atoms with Crippen molar-refractivity contribution >= 4 is 27.5 Å². The van der Waals surface area contributed by atoms with Gasteiger partial charge in [0.15, 0.2) is 0 Å². The fourth-order valence-electron chi connectivity index (χ4n) is 3.44. The van der Waals surface area contributed by atoms with Crippen molar-refractivity contribution < 1.29 is 9.53 Å². The molecule has 140 valence electrons. The summed E-state index contributed by atoms with van der Waals surface area (Å²) in [4.78, 5) is 19.4. The van der Waals surface area contributed by atoms with Crippen molar-refractivity contribution in [1.29, 1.82) is 0 Å². The second-order valence-corrected chi connectivity index (χ2v) is 7.72. The summed E-state index contributed by atoms with van der Waals surface area (Å²) < 4.78 is 6.82. The molecule has 1 amide bonds. The molecule has 4 rings (SSSR count). The van der Waals surface area contributed by atoms with Crippen LogP contribution in [0.25, 0.3) is 10.2 Å². The van der Waals surface area contributed by atoms with Crippen molar-refractivity contribution in [2.45, 2.75) is 18.9 Å². The van der Waals surface area contributed by atoms with E-state index < -0.39 is 0 Å². The molecule has 2 heterocycles. The van der Waals surface area contributed by atoms with Crippen molar-refractivity contribution in [3.05, 3.63) is 59.6 Å². The summed E-state index contributed by atoms with van der Waals surface area (Å²) in [5.41, 5.74) is 1.05. The first-order valence-corrected chi connectivity index (χ1v) is 10.2. The van der Waals surface area contributed by atoms with Gasteiger partial charge in [-0.15, -0.1) is 11.3 Å². The molecular formula is C21H23N3O2S. The lowest BCUT2D eigenvalue weighted by Crippen LogP contribution is -2.38. The lowest BCUT2D eigenvalue weighted by molar-refractivity contribution is -0.122. The van der Waals surface area contributed by atoms with E-state index in [0.29, 0.717) is 19.7 Å². The van der Waals surface area contributed by atoms with Gasteiger partial charge in [-0.3, -0.25) is 9.69 Å². The standard InChI is InChI=1S/C21H23N3O2S/c25-20(22-12-14-26-16-7-2-1-3-8-16)15-24-13-6-10-18(24)21-23-17-9-4-5-11-19(17)27-21/h1-5,7-9,11,18H,6,10,12-15H2,(H,22,25). The molecule has 1 aliphatic heterocycles. The van der Waals surface area contributed by atoms with Crippen molar-refractivity contribution in [3.63, 3.8) is 0 Å². The number of aromatic nitrogens is 1. The largest absolute Gasteiger partial charge is 0.492 e. The Labute approximate surface area is 163 Å². The van der Waals surface area contributed by atoms with Gasteiger partial charge in [0.05, 0.1) is 29.3 Å². The number of benzene rings is 2. The summed E-state index contributed by atoms with van der Waals surface area (Å²) in [6.07, 6.45) is 2.16. The Morgan fingerprint density at radius 1 is 1.19 bits per heavy atom. The van der Waals surface area contributed by atoms with Crippen molar-refractivity contribution in [2.24, 2.45) is 0 Å². The minimum absolute atomic E-state index is 0.0414. The molecule has 1 aromatic heterocycles. The Hall–Kier alpha value is -2.44. The quantitative estimate of drug-likeness (QED) is 0.635. The van der Waals surface area contributed by atoms with E-state index in [1.165, 1.54) is 4.70 Å². The van der Waals surface area contributed by atoms with E-state index >= 15 is 0 Å². The number of rotatable bonds is 7. The average molecular weight is 382 g/mol. The van der Waals surface area contributed by atoms with Gasteiger partial charge in [0, 0.05) is 0 Å². The smallest absolute Gasteiger partial charge is 0.234 e. The molecule has 0 saturated carbocycles. The Morgan fingerprint density at radius 3 is 2.85 bits per heavy atom. The molecule has 6 heteroatoms. The van der Waals surface area contributed by atoms with Crippen LogP contribution in [0.1, 0.15) is 23.9 Å². The number of nitrogens with zero attached hydrogens (tertiary/aromatic N) is 2. The Balaban J connectivity index is 1.28. The molecule has 1 unspecified atom stereocenters. The van der Waals surface area contributed by atoms with Gasteiger partial charge in [0.1, 0.15) is 17.4 Å². The van der Waals surface area contributed by atoms with Crippen LogP contribution in [0, 0.1) is 0 Å². The van der Waals surface area contributed by atoms with E-state index in [1.54, 1.807) is 11.3 Å². The monoisotopic (exact) mass is 381 g/mol. The van der Waals surface area contributed by atoms with E-state index in [0.717, 1.165) is 35.7 Å². The Bertz CT molecular complexity index is 864. The third-order valence-corrected chi connectivity index (χ3v) is 5.88. The van der Waals surface area contributed by atoms with Crippen LogP contribution >= 0.6 is 11.3 Å². The van der Waals surface area contributed by atoms with E-state index in [1.807, 2.05) is 48.5 Å². The van der Waals surface area contributed by atoms with Crippen LogP contribution in [0.4, 0.5) is 0 Å². The van der Waals surface area contributed by atoms with Gasteiger partial charge in [-0.2, -0.15) is 0 Å². The minimum Gasteiger partial charge on any atom is -0.492 e. The topological polar surface area (TPSA) is 54.5 Å². The van der Waals surface area contributed by atoms with Gasteiger partial charge in [-0.05, 0) is 43.7 Å². The maximum atomic E-state index is 12.3. The number of carbonyl (C=O) groups is 1. The third kappa shape index (κ3) is 4.46. The number of para-hydroxylation sites is 2. The number of carbonyl (C=O) groups excluding carboxylic acids is 1. The molecule has 3 aromatic rings. The normalized spacial score (nSPS) is 17.3. The molecule has 1 N–H and O–H groups in total. The molecule has 1 atom stereocenters. The van der Waals surface area contributed by atoms with Crippen molar-refractivity contribution in [3.8, 4) is 5.75 Å². The van der Waals surface area contributed by atoms with Crippen LogP contribution in [-0.4, -0.2) is 42.0 Å². The summed E-state index contributed by atoms with van der Waals surface area (Å²) in [6.45, 7) is 2.32. The number of nitrogens with one attached hydrogen (secondary N) is 1. The predicted octanol–water partition coefficient (Wildman–Crippen LogP) is 3.63. The molecule has 2 aromatic carbocycles. The van der Waals surface area contributed by atoms with E-state index in [2.05, 4.69) is 16.3 Å². The number of likely N-dealkylation sites (tertiary alicyclic amines) is 1. The second kappa shape index (κ2) is 8.50. The molecule has 1 aliphatic rings. The van der Waals surface area contributed by atoms with Gasteiger partial charge < -0.3 is 10.1 Å². The molecule has 0 aliphatic carbocycles. The summed E-state index contributed by atoms with van der Waals surface area (Å²) in [5, 5.41) is 4.08. The third-order valence-electron chi connectivity index (χ3n) is 4.74. The number of hydrogen-bond donors (Lipinski definition) is 1. The maximum absolute atomic E-state index is 12.3. The van der Waals surface area contributed by atoms with Gasteiger partial charge in [-0.1, -0.05) is 30.3 Å². The highest BCUT2D eigenvalue weighted by Crippen LogP contribution is 2.36. The number of ether oxygens (including phenoxy) is 1. The van der Waals surface area contributed by atoms with Gasteiger partial charge in [0.25, 0.3) is 0 Å². The first-order chi connectivity index (χ1) is 13.3. The number of amides is 1. The average Bonchev–Trinajstić information content (AvgIpc) is 3.32. The molecule has 27 heavy (non-hydrogen) atoms. The highest BCUT2D eigenvalue weighted by atomic mass is 32.1. The lowest BCUT2D eigenvalue weighted by Gasteiger charge is -2.22. The number of thiazole rings is 1. The predicted molar refractivity (Wildman–Crippen MR) is 108 cm³/mol. The van der Waals surface area contributed by atoms with Crippen molar-refractivity contribution in [1.82, 2.24) is 15.2 Å². The Kier molecular flexibility index (Phi) is 5.65. The first-order valence-electron chi connectivity index (χ1n) is 9.34. The van der Waals surface area contributed by atoms with Crippen LogP contribution in [0.15, 0.2) is 54.6 Å². The highest BCUT2D eigenvalue weighted by molar-refractivity contribution is 7.18. The van der Waals surface area contributed by atoms with E-state index in [9.17, 15) is 4.79 Å². The van der Waals surface area contributed by atoms with Crippen LogP contribution in [-0.2, 0) is 4.79 Å². The molecule has 0 bridgehead atoms. The number of hydrogen-bond acceptors (Lipinski definition) is 5. The molecule has 1 fully saturated rings. The molecule has 0 spiro atoms. The van der Waals surface area contributed by atoms with Crippen LogP contribution in [0.5, 0.6) is 5.75 Å². The van der Waals surface area contributed by atoms with Crippen LogP contribution < -0.4 is 10.1 Å². The van der Waals surface area contributed by atoms with E-state index in [-0.39, 0.29) is 11.9 Å². The summed E-state index contributed by atoms with van der Waals surface area (Å²) in [6, 6.07) is 18.1. The molecule has 5 nitrogen and oxygen atoms in total. The number of fused-ring (bicyclic) bond motifs is 1. The first kappa shape index (κ1) is 17.9. The fraction of sp³-hybridized carbons (Fsp3) is 0.333.